The molecule has 0 rings (SSSR count). The monoisotopic (exact) mass is 1090 g/mol. The van der Waals surface area contributed by atoms with E-state index in [4.69, 9.17) is 14.2 Å². The fourth-order valence-corrected chi connectivity index (χ4v) is 8.48. The van der Waals surface area contributed by atoms with Crippen molar-refractivity contribution in [2.45, 2.75) is 284 Å². The molecule has 1 unspecified atom stereocenters. The number of ether oxygens (including phenoxy) is 3. The SMILES string of the molecule is CC/C=C\C/C=C\C/C=C\C/C=C\C/C=C\C/C=C\C/C=C\C/C=C\C/C=C\CCCC(=O)OCC(COC(=O)CCCCCCC/C=C\C/C=C\CCC)OC(=O)CCCCCCCCCCC/C=C\CCCCCCCC. The lowest BCUT2D eigenvalue weighted by Crippen LogP contribution is -2.30. The van der Waals surface area contributed by atoms with Crippen molar-refractivity contribution in [3.63, 3.8) is 0 Å². The second kappa shape index (κ2) is 65.8. The molecule has 0 amide bonds. The van der Waals surface area contributed by atoms with Crippen LogP contribution in [0.4, 0.5) is 0 Å². The molecule has 0 aliphatic carbocycles. The Hall–Kier alpha value is -4.71. The van der Waals surface area contributed by atoms with Crippen LogP contribution in [0.15, 0.2) is 146 Å². The highest BCUT2D eigenvalue weighted by Gasteiger charge is 2.19. The Morgan fingerprint density at radius 3 is 0.886 bits per heavy atom. The molecule has 0 aromatic heterocycles. The Balaban J connectivity index is 4.45. The van der Waals surface area contributed by atoms with Gasteiger partial charge in [-0.3, -0.25) is 14.4 Å². The zero-order valence-electron chi connectivity index (χ0n) is 51.1. The van der Waals surface area contributed by atoms with E-state index >= 15 is 0 Å². The Morgan fingerprint density at radius 2 is 0.532 bits per heavy atom. The average Bonchev–Trinajstić information content (AvgIpc) is 3.45. The quantitative estimate of drug-likeness (QED) is 0.0261. The maximum absolute atomic E-state index is 12.9. The van der Waals surface area contributed by atoms with Crippen molar-refractivity contribution in [1.82, 2.24) is 0 Å². The van der Waals surface area contributed by atoms with Crippen molar-refractivity contribution in [3.8, 4) is 0 Å². The van der Waals surface area contributed by atoms with Gasteiger partial charge in [-0.1, -0.05) is 269 Å². The van der Waals surface area contributed by atoms with Crippen molar-refractivity contribution in [3.05, 3.63) is 146 Å². The van der Waals surface area contributed by atoms with Crippen LogP contribution < -0.4 is 0 Å². The molecule has 0 aromatic carbocycles. The summed E-state index contributed by atoms with van der Waals surface area (Å²) in [7, 11) is 0. The highest BCUT2D eigenvalue weighted by atomic mass is 16.6. The zero-order chi connectivity index (χ0) is 57.1. The number of hydrogen-bond donors (Lipinski definition) is 0. The number of esters is 3. The lowest BCUT2D eigenvalue weighted by molar-refractivity contribution is -0.167. The molecule has 6 nitrogen and oxygen atoms in total. The second-order valence-corrected chi connectivity index (χ2v) is 20.9. The minimum Gasteiger partial charge on any atom is -0.462 e. The maximum Gasteiger partial charge on any atom is 0.306 e. The summed E-state index contributed by atoms with van der Waals surface area (Å²) in [5.74, 6) is -0.986. The Kier molecular flexibility index (Phi) is 61.9. The van der Waals surface area contributed by atoms with Crippen LogP contribution in [0.1, 0.15) is 278 Å². The van der Waals surface area contributed by atoms with Crippen molar-refractivity contribution in [2.75, 3.05) is 13.2 Å². The van der Waals surface area contributed by atoms with Crippen LogP contribution in [0.25, 0.3) is 0 Å². The molecular weight excluding hydrogens is 973 g/mol. The molecule has 0 saturated carbocycles. The van der Waals surface area contributed by atoms with Gasteiger partial charge in [-0.05, 0) is 135 Å². The van der Waals surface area contributed by atoms with Gasteiger partial charge in [-0.2, -0.15) is 0 Å². The van der Waals surface area contributed by atoms with Crippen molar-refractivity contribution >= 4 is 17.9 Å². The fourth-order valence-electron chi connectivity index (χ4n) is 8.48. The molecule has 79 heavy (non-hydrogen) atoms. The lowest BCUT2D eigenvalue weighted by Gasteiger charge is -2.18. The molecule has 0 spiro atoms. The van der Waals surface area contributed by atoms with Crippen molar-refractivity contribution < 1.29 is 28.6 Å². The number of carbonyl (C=O) groups is 3. The van der Waals surface area contributed by atoms with E-state index in [0.717, 1.165) is 135 Å². The van der Waals surface area contributed by atoms with Crippen LogP contribution in [0.5, 0.6) is 0 Å². The van der Waals surface area contributed by atoms with Crippen LogP contribution in [-0.2, 0) is 28.6 Å². The van der Waals surface area contributed by atoms with Crippen molar-refractivity contribution in [2.24, 2.45) is 0 Å². The molecule has 0 bridgehead atoms. The molecule has 446 valence electrons. The van der Waals surface area contributed by atoms with Crippen LogP contribution in [-0.4, -0.2) is 37.2 Å². The number of hydrogen-bond acceptors (Lipinski definition) is 6. The van der Waals surface area contributed by atoms with Gasteiger partial charge in [0, 0.05) is 19.3 Å². The molecule has 6 heteroatoms. The minimum atomic E-state index is -0.815. The third-order valence-corrected chi connectivity index (χ3v) is 13.3. The summed E-state index contributed by atoms with van der Waals surface area (Å²) in [6.07, 6.45) is 94.3. The van der Waals surface area contributed by atoms with E-state index in [0.29, 0.717) is 19.3 Å². The summed E-state index contributed by atoms with van der Waals surface area (Å²) >= 11 is 0. The van der Waals surface area contributed by atoms with Crippen LogP contribution in [0.2, 0.25) is 0 Å². The van der Waals surface area contributed by atoms with Crippen LogP contribution in [0, 0.1) is 0 Å². The van der Waals surface area contributed by atoms with E-state index in [2.05, 4.69) is 167 Å². The third-order valence-electron chi connectivity index (χ3n) is 13.3. The average molecular weight is 1090 g/mol. The van der Waals surface area contributed by atoms with Gasteiger partial charge >= 0.3 is 17.9 Å². The highest BCUT2D eigenvalue weighted by molar-refractivity contribution is 5.71. The van der Waals surface area contributed by atoms with E-state index in [1.165, 1.54) is 96.3 Å². The van der Waals surface area contributed by atoms with Crippen LogP contribution in [0.3, 0.4) is 0 Å². The first-order valence-electron chi connectivity index (χ1n) is 32.3. The Bertz CT molecular complexity index is 1730. The summed E-state index contributed by atoms with van der Waals surface area (Å²) in [6, 6.07) is 0. The predicted molar refractivity (Wildman–Crippen MR) is 343 cm³/mol. The first-order chi connectivity index (χ1) is 39.0. The molecule has 1 atom stereocenters. The van der Waals surface area contributed by atoms with Gasteiger partial charge in [0.25, 0.3) is 0 Å². The minimum absolute atomic E-state index is 0.108. The summed E-state index contributed by atoms with van der Waals surface area (Å²) < 4.78 is 16.8. The predicted octanol–water partition coefficient (Wildman–Crippen LogP) is 22.3. The standard InChI is InChI=1S/C73H118O6/c1-4-7-10-13-16-19-22-25-27-29-31-32-33-34-35-36-37-38-39-40-42-43-45-48-51-54-57-60-63-66-72(75)78-69-70(68-77-71(74)65-62-59-56-53-50-47-24-21-18-15-12-9-6-3)79-73(76)67-64-61-58-55-52-49-46-44-41-30-28-26-23-20-17-14-11-8-5-2/h7,10,12,15-16,19,21,24-28,31-32,34-35,37-38,40,42,45,48,54,57,70H,4-6,8-9,11,13-14,17-18,20,22-23,29-30,33,36,39,41,43-44,46-47,49-53,55-56,58-69H2,1-3H3/b10-7-,15-12-,19-16-,24-21-,27-25-,28-26-,32-31-,35-34-,38-37-,42-40-,48-45-,57-54-. The number of carbonyl (C=O) groups excluding carboxylic acids is 3. The first kappa shape index (κ1) is 74.3. The van der Waals surface area contributed by atoms with Gasteiger partial charge in [0.1, 0.15) is 13.2 Å². The van der Waals surface area contributed by atoms with Gasteiger partial charge < -0.3 is 14.2 Å². The van der Waals surface area contributed by atoms with Gasteiger partial charge in [0.05, 0.1) is 0 Å². The Morgan fingerprint density at radius 1 is 0.266 bits per heavy atom. The highest BCUT2D eigenvalue weighted by Crippen LogP contribution is 2.15. The number of rotatable bonds is 57. The smallest absolute Gasteiger partial charge is 0.306 e. The van der Waals surface area contributed by atoms with Crippen LogP contribution >= 0.6 is 0 Å². The summed E-state index contributed by atoms with van der Waals surface area (Å²) in [5, 5.41) is 0. The molecule has 0 saturated heterocycles. The molecule has 0 radical (unpaired) electrons. The lowest BCUT2D eigenvalue weighted by atomic mass is 10.1. The molecule has 0 fully saturated rings. The van der Waals surface area contributed by atoms with E-state index in [1.54, 1.807) is 0 Å². The largest absolute Gasteiger partial charge is 0.462 e. The van der Waals surface area contributed by atoms with Gasteiger partial charge in [-0.15, -0.1) is 0 Å². The molecule has 0 heterocycles. The summed E-state index contributed by atoms with van der Waals surface area (Å²) in [6.45, 7) is 6.40. The number of unbranched alkanes of at least 4 members (excludes halogenated alkanes) is 22. The summed E-state index contributed by atoms with van der Waals surface area (Å²) in [5.41, 5.74) is 0. The normalized spacial score (nSPS) is 13.1. The molecule has 0 N–H and O–H groups in total. The molecular formula is C73H118O6. The van der Waals surface area contributed by atoms with Crippen molar-refractivity contribution in [1.29, 1.82) is 0 Å². The summed E-state index contributed by atoms with van der Waals surface area (Å²) in [4.78, 5) is 38.3. The van der Waals surface area contributed by atoms with E-state index in [9.17, 15) is 14.4 Å². The van der Waals surface area contributed by atoms with E-state index in [-0.39, 0.29) is 37.5 Å². The fraction of sp³-hybridized carbons (Fsp3) is 0.630. The third kappa shape index (κ3) is 64.0. The molecule has 0 aromatic rings. The molecule has 0 aliphatic rings. The van der Waals surface area contributed by atoms with E-state index in [1.807, 2.05) is 0 Å². The van der Waals surface area contributed by atoms with Gasteiger partial charge in [-0.25, -0.2) is 0 Å². The molecule has 0 aliphatic heterocycles. The van der Waals surface area contributed by atoms with Gasteiger partial charge in [0.15, 0.2) is 6.10 Å². The Labute approximate surface area is 487 Å². The maximum atomic E-state index is 12.9. The topological polar surface area (TPSA) is 78.9 Å². The second-order valence-electron chi connectivity index (χ2n) is 20.9. The zero-order valence-corrected chi connectivity index (χ0v) is 51.1. The first-order valence-corrected chi connectivity index (χ1v) is 32.3. The van der Waals surface area contributed by atoms with Gasteiger partial charge in [0.2, 0.25) is 0 Å². The van der Waals surface area contributed by atoms with E-state index < -0.39 is 6.10 Å². The number of allylic oxidation sites excluding steroid dienone is 24.